The van der Waals surface area contributed by atoms with Gasteiger partial charge in [-0.2, -0.15) is 8.78 Å². The molecule has 0 spiro atoms. The average Bonchev–Trinajstić information content (AvgIpc) is 3.15. The number of hydrogen-bond donors (Lipinski definition) is 1. The van der Waals surface area contributed by atoms with Gasteiger partial charge >= 0.3 is 5.25 Å². The predicted molar refractivity (Wildman–Crippen MR) is 226 cm³/mol. The van der Waals surface area contributed by atoms with E-state index in [1.54, 1.807) is 0 Å². The highest BCUT2D eigenvalue weighted by Gasteiger charge is 2.43. The van der Waals surface area contributed by atoms with E-state index in [1.165, 1.54) is 78.0 Å². The Hall–Kier alpha value is -2.76. The predicted octanol–water partition coefficient (Wildman–Crippen LogP) is 10.6. The van der Waals surface area contributed by atoms with E-state index in [0.717, 1.165) is 32.5 Å². The summed E-state index contributed by atoms with van der Waals surface area (Å²) in [5.41, 5.74) is 3.91. The summed E-state index contributed by atoms with van der Waals surface area (Å²) in [4.78, 5) is 0. The first-order valence-electron chi connectivity index (χ1n) is 17.7. The van der Waals surface area contributed by atoms with Gasteiger partial charge in [-0.1, -0.05) is 149 Å². The van der Waals surface area contributed by atoms with Crippen LogP contribution in [0.1, 0.15) is 69.7 Å². The van der Waals surface area contributed by atoms with Crippen LogP contribution in [0.25, 0.3) is 0 Å². The molecule has 0 aliphatic carbocycles. The van der Waals surface area contributed by atoms with Gasteiger partial charge in [0.05, 0.1) is 13.7 Å². The molecular weight excluding hydrogens is 737 g/mol. The van der Waals surface area contributed by atoms with E-state index >= 15 is 0 Å². The number of aliphatic hydroxyl groups is 1. The van der Waals surface area contributed by atoms with Crippen molar-refractivity contribution in [3.63, 3.8) is 0 Å². The Labute approximate surface area is 324 Å². The molecule has 1 N–H and O–H groups in total. The number of benzene rings is 4. The summed E-state index contributed by atoms with van der Waals surface area (Å²) in [5.74, 6) is 7.92. The Bertz CT molecular complexity index is 1490. The molecule has 0 aromatic heterocycles. The number of alkyl halides is 4. The van der Waals surface area contributed by atoms with Crippen LogP contribution in [0.15, 0.2) is 121 Å². The minimum atomic E-state index is -3.73. The Kier molecular flexibility index (Phi) is 23.8. The van der Waals surface area contributed by atoms with Crippen LogP contribution in [0.2, 0.25) is 0 Å². The summed E-state index contributed by atoms with van der Waals surface area (Å²) in [6, 6.07) is 43.2. The fraction of sp³-hybridized carbons (Fsp3) is 0.419. The zero-order valence-corrected chi connectivity index (χ0v) is 34.6. The van der Waals surface area contributed by atoms with E-state index in [9.17, 15) is 21.8 Å². The molecule has 0 amide bonds. The van der Waals surface area contributed by atoms with E-state index in [2.05, 4.69) is 138 Å². The molecule has 2 atom stereocenters. The largest absolute Gasteiger partial charge is 0.393 e. The van der Waals surface area contributed by atoms with Gasteiger partial charge in [-0.15, -0.1) is 0 Å². The number of rotatable bonds is 16. The SMILES string of the molecule is C=S(=O)(OC)C(F)(F)C(C)C.CC(C)(F)C(F)CO.CCCC[S+](Cc1ccccc1)Cc1ccccc1.c1ccc(C[SH+]Cc2ccccc2)cc1. The van der Waals surface area contributed by atoms with Gasteiger partial charge in [0.25, 0.3) is 0 Å². The number of aliphatic hydroxyl groups excluding tert-OH is 1. The monoisotopic (exact) mass is 796 g/mol. The summed E-state index contributed by atoms with van der Waals surface area (Å²) in [6.45, 7) is 6.26. The maximum Gasteiger partial charge on any atom is 0.337 e. The van der Waals surface area contributed by atoms with Crippen molar-refractivity contribution in [2.45, 2.75) is 87.6 Å². The first-order chi connectivity index (χ1) is 25.1. The minimum absolute atomic E-state index is 0.474. The normalized spacial score (nSPS) is 13.0. The summed E-state index contributed by atoms with van der Waals surface area (Å²) in [5, 5.41) is 4.70. The molecule has 0 aliphatic heterocycles. The third kappa shape index (κ3) is 20.5. The highest BCUT2D eigenvalue weighted by Crippen LogP contribution is 2.31. The zero-order chi connectivity index (χ0) is 39.8. The van der Waals surface area contributed by atoms with E-state index in [-0.39, 0.29) is 0 Å². The Morgan fingerprint density at radius 3 is 1.36 bits per heavy atom. The molecule has 53 heavy (non-hydrogen) atoms. The van der Waals surface area contributed by atoms with Gasteiger partial charge in [0.1, 0.15) is 44.2 Å². The van der Waals surface area contributed by atoms with Crippen LogP contribution < -0.4 is 0 Å². The summed E-state index contributed by atoms with van der Waals surface area (Å²) in [7, 11) is -2.29. The number of halogens is 4. The maximum absolute atomic E-state index is 12.9. The van der Waals surface area contributed by atoms with Crippen molar-refractivity contribution < 1.29 is 31.1 Å². The van der Waals surface area contributed by atoms with Crippen molar-refractivity contribution >= 4 is 38.3 Å². The van der Waals surface area contributed by atoms with E-state index in [0.29, 0.717) is 10.9 Å². The smallest absolute Gasteiger partial charge is 0.337 e. The molecule has 2 unspecified atom stereocenters. The van der Waals surface area contributed by atoms with Crippen LogP contribution in [0.5, 0.6) is 0 Å². The molecule has 0 radical (unpaired) electrons. The molecule has 0 saturated carbocycles. The molecular formula is C43H60F4O3S3+2. The van der Waals surface area contributed by atoms with Crippen LogP contribution in [0.4, 0.5) is 17.6 Å². The molecule has 0 saturated heterocycles. The second-order valence-electron chi connectivity index (χ2n) is 13.2. The van der Waals surface area contributed by atoms with Gasteiger partial charge in [-0.05, 0) is 48.8 Å². The lowest BCUT2D eigenvalue weighted by Gasteiger charge is -2.22. The van der Waals surface area contributed by atoms with Gasteiger partial charge in [0, 0.05) is 28.2 Å². The zero-order valence-electron chi connectivity index (χ0n) is 32.1. The Morgan fingerprint density at radius 1 is 0.755 bits per heavy atom. The Morgan fingerprint density at radius 2 is 1.11 bits per heavy atom. The fourth-order valence-corrected chi connectivity index (χ4v) is 8.74. The van der Waals surface area contributed by atoms with Crippen molar-refractivity contribution in [1.29, 1.82) is 0 Å². The first kappa shape index (κ1) is 48.3. The van der Waals surface area contributed by atoms with Gasteiger partial charge in [0.15, 0.2) is 6.17 Å². The van der Waals surface area contributed by atoms with Crippen molar-refractivity contribution in [1.82, 2.24) is 0 Å². The van der Waals surface area contributed by atoms with Crippen molar-refractivity contribution in [2.24, 2.45) is 5.92 Å². The fourth-order valence-electron chi connectivity index (χ4n) is 4.33. The number of unbranched alkanes of at least 4 members (excludes halogenated alkanes) is 1. The molecule has 4 aromatic carbocycles. The van der Waals surface area contributed by atoms with Crippen molar-refractivity contribution in [3.8, 4) is 0 Å². The standard InChI is InChI=1S/C18H23S.C14H14S.C6H12F2O2S.C5H10F2O/c1-2-3-14-19(15-17-10-6-4-7-11-17)16-18-12-8-5-9-13-18;1-3-7-13(8-4-1)11-15-12-14-9-5-2-6-10-14;1-5(2)6(7,8)11(4,9)10-3;1-5(2,7)4(6)3-8/h4-13H,2-3,14-16H2,1H3;1-10H,11-12H2;5H,4H2,1-3H3;4,8H,3H2,1-2H3/q+1;;;/p+1. The van der Waals surface area contributed by atoms with Crippen molar-refractivity contribution in [3.05, 3.63) is 144 Å². The van der Waals surface area contributed by atoms with E-state index in [1.807, 2.05) is 0 Å². The second kappa shape index (κ2) is 26.1. The van der Waals surface area contributed by atoms with E-state index < -0.39 is 39.4 Å². The average molecular weight is 797 g/mol. The quantitative estimate of drug-likeness (QED) is 0.0532. The lowest BCUT2D eigenvalue weighted by atomic mass is 10.1. The summed E-state index contributed by atoms with van der Waals surface area (Å²) < 4.78 is 65.0. The number of hydrogen-bond acceptors (Lipinski definition) is 3. The molecule has 4 aromatic rings. The highest BCUT2D eigenvalue weighted by molar-refractivity contribution is 7.97. The maximum atomic E-state index is 12.9. The molecule has 3 nitrogen and oxygen atoms in total. The van der Waals surface area contributed by atoms with Gasteiger partial charge < -0.3 is 5.11 Å². The number of thiol groups is 1. The molecule has 4 rings (SSSR count). The second-order valence-corrected chi connectivity index (χ2v) is 18.6. The first-order valence-corrected chi connectivity index (χ1v) is 22.4. The third-order valence-electron chi connectivity index (χ3n) is 7.75. The van der Waals surface area contributed by atoms with Crippen LogP contribution in [-0.4, -0.2) is 51.8 Å². The highest BCUT2D eigenvalue weighted by atomic mass is 32.2. The molecule has 0 aliphatic rings. The van der Waals surface area contributed by atoms with Crippen molar-refractivity contribution in [2.75, 3.05) is 19.5 Å². The van der Waals surface area contributed by atoms with Crippen LogP contribution in [0.3, 0.4) is 0 Å². The minimum Gasteiger partial charge on any atom is -0.393 e. The van der Waals surface area contributed by atoms with Gasteiger partial charge in [-0.25, -0.2) is 13.0 Å². The van der Waals surface area contributed by atoms with Crippen LogP contribution in [0, 0.1) is 5.92 Å². The lowest BCUT2D eigenvalue weighted by molar-refractivity contribution is 0.0377. The van der Waals surface area contributed by atoms with Gasteiger partial charge in [0.2, 0.25) is 0 Å². The van der Waals surface area contributed by atoms with E-state index in [4.69, 9.17) is 5.11 Å². The Balaban J connectivity index is 0.000000372. The van der Waals surface area contributed by atoms with Gasteiger partial charge in [-0.3, -0.25) is 4.18 Å². The molecule has 294 valence electrons. The molecule has 10 heteroatoms. The topological polar surface area (TPSA) is 46.5 Å². The summed E-state index contributed by atoms with van der Waals surface area (Å²) >= 11 is 1.47. The van der Waals surface area contributed by atoms with Crippen LogP contribution >= 0.6 is 0 Å². The van der Waals surface area contributed by atoms with Crippen LogP contribution in [-0.2, 0) is 59.7 Å². The lowest BCUT2D eigenvalue weighted by Crippen LogP contribution is -2.34. The molecule has 0 fully saturated rings. The summed E-state index contributed by atoms with van der Waals surface area (Å²) in [6.07, 6.45) is 0.887. The molecule has 0 bridgehead atoms. The third-order valence-corrected chi connectivity index (χ3v) is 13.1. The molecule has 0 heterocycles.